The second-order valence-corrected chi connectivity index (χ2v) is 7.44. The summed E-state index contributed by atoms with van der Waals surface area (Å²) in [5, 5.41) is 5.92. The number of fused-ring (bicyclic) bond motifs is 2. The lowest BCUT2D eigenvalue weighted by Crippen LogP contribution is -2.39. The minimum absolute atomic E-state index is 0.0756. The summed E-state index contributed by atoms with van der Waals surface area (Å²) in [7, 11) is 3.17. The molecule has 0 aromatic heterocycles. The molecule has 4 rings (SSSR count). The van der Waals surface area contributed by atoms with E-state index in [0.717, 1.165) is 6.42 Å². The fraction of sp³-hybridized carbons (Fsp3) is 0.304. The van der Waals surface area contributed by atoms with Crippen LogP contribution < -0.4 is 20.1 Å². The van der Waals surface area contributed by atoms with E-state index in [0.29, 0.717) is 22.9 Å². The molecule has 2 aromatic rings. The fourth-order valence-electron chi connectivity index (χ4n) is 4.39. The highest BCUT2D eigenvalue weighted by molar-refractivity contribution is 6.01. The second-order valence-electron chi connectivity index (χ2n) is 7.44. The Bertz CT molecular complexity index is 880. The molecule has 0 saturated heterocycles. The molecule has 6 nitrogen and oxygen atoms in total. The maximum atomic E-state index is 13.1. The Labute approximate surface area is 169 Å². The standard InChI is InChI=1S/C23H24N2O4/c1-28-18-7-3-5-16(12-18)24-22(26)20-14-9-10-15(11-14)21(20)23(27)25-17-6-4-8-19(13-17)29-2/h3-10,12-15,20-21H,11H2,1-2H3,(H,24,26)(H,25,27)/t14-,15-,20-,21-/m0/s1. The summed E-state index contributed by atoms with van der Waals surface area (Å²) in [6, 6.07) is 14.5. The van der Waals surface area contributed by atoms with E-state index in [1.807, 2.05) is 36.4 Å². The minimum Gasteiger partial charge on any atom is -0.497 e. The molecule has 2 bridgehead atoms. The van der Waals surface area contributed by atoms with Crippen LogP contribution in [0.25, 0.3) is 0 Å². The average Bonchev–Trinajstić information content (AvgIpc) is 3.35. The largest absolute Gasteiger partial charge is 0.497 e. The first-order chi connectivity index (χ1) is 14.1. The lowest BCUT2D eigenvalue weighted by molar-refractivity contribution is -0.129. The number of methoxy groups -OCH3 is 2. The Hall–Kier alpha value is -3.28. The number of amides is 2. The Morgan fingerprint density at radius 3 is 1.66 bits per heavy atom. The maximum Gasteiger partial charge on any atom is 0.228 e. The number of hydrogen-bond acceptors (Lipinski definition) is 4. The van der Waals surface area contributed by atoms with E-state index in [1.54, 1.807) is 26.4 Å². The number of hydrogen-bond donors (Lipinski definition) is 2. The number of carbonyl (C=O) groups is 2. The molecule has 4 atom stereocenters. The van der Waals surface area contributed by atoms with Crippen LogP contribution in [0, 0.1) is 23.7 Å². The summed E-state index contributed by atoms with van der Waals surface area (Å²) < 4.78 is 10.4. The first kappa shape index (κ1) is 19.1. The fourth-order valence-corrected chi connectivity index (χ4v) is 4.39. The van der Waals surface area contributed by atoms with E-state index in [-0.39, 0.29) is 23.7 Å². The Kier molecular flexibility index (Phi) is 5.25. The van der Waals surface area contributed by atoms with Crippen LogP contribution in [-0.2, 0) is 9.59 Å². The summed E-state index contributed by atoms with van der Waals surface area (Å²) in [5.41, 5.74) is 1.32. The Morgan fingerprint density at radius 1 is 0.793 bits per heavy atom. The highest BCUT2D eigenvalue weighted by Gasteiger charge is 2.51. The minimum atomic E-state index is -0.401. The first-order valence-electron chi connectivity index (χ1n) is 9.67. The van der Waals surface area contributed by atoms with Crippen molar-refractivity contribution in [2.75, 3.05) is 24.9 Å². The maximum absolute atomic E-state index is 13.1. The number of ether oxygens (including phenoxy) is 2. The third-order valence-electron chi connectivity index (χ3n) is 5.74. The zero-order chi connectivity index (χ0) is 20.4. The highest BCUT2D eigenvalue weighted by Crippen LogP contribution is 2.48. The third-order valence-corrected chi connectivity index (χ3v) is 5.74. The number of rotatable bonds is 6. The predicted molar refractivity (Wildman–Crippen MR) is 111 cm³/mol. The molecular formula is C23H24N2O4. The van der Waals surface area contributed by atoms with Crippen molar-refractivity contribution in [2.45, 2.75) is 6.42 Å². The number of allylic oxidation sites excluding steroid dienone is 2. The van der Waals surface area contributed by atoms with Crippen molar-refractivity contribution in [3.63, 3.8) is 0 Å². The summed E-state index contributed by atoms with van der Waals surface area (Å²) in [5.74, 6) is 0.412. The quantitative estimate of drug-likeness (QED) is 0.735. The van der Waals surface area contributed by atoms with Crippen molar-refractivity contribution < 1.29 is 19.1 Å². The molecule has 1 fully saturated rings. The van der Waals surface area contributed by atoms with Crippen LogP contribution in [0.2, 0.25) is 0 Å². The van der Waals surface area contributed by atoms with Crippen molar-refractivity contribution in [2.24, 2.45) is 23.7 Å². The van der Waals surface area contributed by atoms with Crippen molar-refractivity contribution in [1.29, 1.82) is 0 Å². The topological polar surface area (TPSA) is 76.7 Å². The van der Waals surface area contributed by atoms with Gasteiger partial charge in [0.15, 0.2) is 0 Å². The smallest absolute Gasteiger partial charge is 0.228 e. The molecule has 0 heterocycles. The van der Waals surface area contributed by atoms with Gasteiger partial charge in [-0.05, 0) is 42.5 Å². The van der Waals surface area contributed by atoms with Crippen molar-refractivity contribution in [1.82, 2.24) is 0 Å². The molecule has 150 valence electrons. The lowest BCUT2D eigenvalue weighted by atomic mass is 9.81. The SMILES string of the molecule is COc1cccc(NC(=O)[C@@H]2[C@@H](C(=O)Nc3cccc(OC)c3)[C@H]3C=C[C@H]2C3)c1. The van der Waals surface area contributed by atoms with Gasteiger partial charge in [0.25, 0.3) is 0 Å². The van der Waals surface area contributed by atoms with Crippen LogP contribution >= 0.6 is 0 Å². The predicted octanol–water partition coefficient (Wildman–Crippen LogP) is 3.72. The normalized spacial score (nSPS) is 24.2. The van der Waals surface area contributed by atoms with Gasteiger partial charge in [0.1, 0.15) is 11.5 Å². The van der Waals surface area contributed by atoms with Crippen LogP contribution in [0.15, 0.2) is 60.7 Å². The van der Waals surface area contributed by atoms with Gasteiger partial charge in [-0.3, -0.25) is 9.59 Å². The molecule has 2 amide bonds. The molecule has 0 spiro atoms. The van der Waals surface area contributed by atoms with E-state index in [1.165, 1.54) is 0 Å². The van der Waals surface area contributed by atoms with Crippen LogP contribution in [0.3, 0.4) is 0 Å². The first-order valence-corrected chi connectivity index (χ1v) is 9.67. The molecule has 29 heavy (non-hydrogen) atoms. The highest BCUT2D eigenvalue weighted by atomic mass is 16.5. The molecule has 0 radical (unpaired) electrons. The van der Waals surface area contributed by atoms with E-state index in [9.17, 15) is 9.59 Å². The van der Waals surface area contributed by atoms with Crippen LogP contribution in [0.5, 0.6) is 11.5 Å². The van der Waals surface area contributed by atoms with Crippen molar-refractivity contribution in [3.8, 4) is 11.5 Å². The molecule has 6 heteroatoms. The molecule has 2 aliphatic carbocycles. The van der Waals surface area contributed by atoms with E-state index in [4.69, 9.17) is 9.47 Å². The van der Waals surface area contributed by atoms with Gasteiger partial charge in [0.2, 0.25) is 11.8 Å². The number of benzene rings is 2. The second kappa shape index (κ2) is 7.99. The molecule has 2 N–H and O–H groups in total. The van der Waals surface area contributed by atoms with Gasteiger partial charge < -0.3 is 20.1 Å². The number of carbonyl (C=O) groups excluding carboxylic acids is 2. The van der Waals surface area contributed by atoms with Gasteiger partial charge in [-0.2, -0.15) is 0 Å². The van der Waals surface area contributed by atoms with Crippen LogP contribution in [0.4, 0.5) is 11.4 Å². The summed E-state index contributed by atoms with van der Waals surface area (Å²) in [6.07, 6.45) is 4.96. The van der Waals surface area contributed by atoms with Crippen molar-refractivity contribution in [3.05, 3.63) is 60.7 Å². The van der Waals surface area contributed by atoms with E-state index in [2.05, 4.69) is 22.8 Å². The van der Waals surface area contributed by atoms with Gasteiger partial charge in [-0.1, -0.05) is 24.3 Å². The zero-order valence-electron chi connectivity index (χ0n) is 16.4. The Balaban J connectivity index is 1.51. The van der Waals surface area contributed by atoms with Gasteiger partial charge in [0.05, 0.1) is 26.1 Å². The molecule has 1 saturated carbocycles. The van der Waals surface area contributed by atoms with Gasteiger partial charge >= 0.3 is 0 Å². The van der Waals surface area contributed by atoms with Crippen LogP contribution in [0.1, 0.15) is 6.42 Å². The van der Waals surface area contributed by atoms with E-state index >= 15 is 0 Å². The summed E-state index contributed by atoms with van der Waals surface area (Å²) in [6.45, 7) is 0. The van der Waals surface area contributed by atoms with Crippen LogP contribution in [-0.4, -0.2) is 26.0 Å². The molecule has 0 unspecified atom stereocenters. The van der Waals surface area contributed by atoms with Gasteiger partial charge in [-0.25, -0.2) is 0 Å². The Morgan fingerprint density at radius 2 is 1.24 bits per heavy atom. The monoisotopic (exact) mass is 392 g/mol. The lowest BCUT2D eigenvalue weighted by Gasteiger charge is -2.26. The molecule has 2 aliphatic rings. The zero-order valence-corrected chi connectivity index (χ0v) is 16.4. The average molecular weight is 392 g/mol. The summed E-state index contributed by atoms with van der Waals surface area (Å²) in [4.78, 5) is 26.2. The van der Waals surface area contributed by atoms with Gasteiger partial charge in [0, 0.05) is 23.5 Å². The van der Waals surface area contributed by atoms with Gasteiger partial charge in [-0.15, -0.1) is 0 Å². The number of nitrogens with one attached hydrogen (secondary N) is 2. The third kappa shape index (κ3) is 3.83. The summed E-state index contributed by atoms with van der Waals surface area (Å²) >= 11 is 0. The molecular weight excluding hydrogens is 368 g/mol. The molecule has 2 aromatic carbocycles. The number of anilines is 2. The van der Waals surface area contributed by atoms with Crippen molar-refractivity contribution >= 4 is 23.2 Å². The molecule has 0 aliphatic heterocycles. The van der Waals surface area contributed by atoms with E-state index < -0.39 is 11.8 Å².